The van der Waals surface area contributed by atoms with Crippen molar-refractivity contribution in [3.05, 3.63) is 0 Å². The second kappa shape index (κ2) is 3.51. The molecule has 2 atom stereocenters. The molecular formula is C8H16N2O3. The van der Waals surface area contributed by atoms with Gasteiger partial charge >= 0.3 is 6.03 Å². The SMILES string of the molecule is COC1(C)C(CO)CNC(=O)N1C. The number of ether oxygens (including phenoxy) is 1. The van der Waals surface area contributed by atoms with Crippen LogP contribution in [0.3, 0.4) is 0 Å². The molecule has 0 spiro atoms. The number of nitrogens with zero attached hydrogens (tertiary/aromatic N) is 1. The Morgan fingerprint density at radius 2 is 2.46 bits per heavy atom. The predicted molar refractivity (Wildman–Crippen MR) is 47.2 cm³/mol. The molecule has 1 saturated heterocycles. The van der Waals surface area contributed by atoms with E-state index in [2.05, 4.69) is 5.32 Å². The number of hydrogen-bond acceptors (Lipinski definition) is 3. The number of hydrogen-bond donors (Lipinski definition) is 2. The molecule has 5 nitrogen and oxygen atoms in total. The lowest BCUT2D eigenvalue weighted by atomic mass is 9.94. The van der Waals surface area contributed by atoms with Gasteiger partial charge in [0.05, 0.1) is 6.61 Å². The highest BCUT2D eigenvalue weighted by Gasteiger charge is 2.43. The molecule has 13 heavy (non-hydrogen) atoms. The summed E-state index contributed by atoms with van der Waals surface area (Å²) in [5.74, 6) is -0.0970. The van der Waals surface area contributed by atoms with Gasteiger partial charge in [0.15, 0.2) is 0 Å². The van der Waals surface area contributed by atoms with Crippen LogP contribution in [0.15, 0.2) is 0 Å². The lowest BCUT2D eigenvalue weighted by Gasteiger charge is -2.46. The number of carbonyl (C=O) groups excluding carboxylic acids is 1. The maximum absolute atomic E-state index is 11.3. The first-order chi connectivity index (χ1) is 6.06. The van der Waals surface area contributed by atoms with Crippen molar-refractivity contribution < 1.29 is 14.6 Å². The molecule has 2 N–H and O–H groups in total. The van der Waals surface area contributed by atoms with Gasteiger partial charge in [-0.25, -0.2) is 4.79 Å². The molecule has 76 valence electrons. The largest absolute Gasteiger partial charge is 0.396 e. The maximum atomic E-state index is 11.3. The van der Waals surface area contributed by atoms with Gasteiger partial charge in [0.2, 0.25) is 0 Å². The lowest BCUT2D eigenvalue weighted by molar-refractivity contribution is -0.148. The number of urea groups is 1. The van der Waals surface area contributed by atoms with Crippen molar-refractivity contribution >= 4 is 6.03 Å². The van der Waals surface area contributed by atoms with Gasteiger partial charge in [-0.1, -0.05) is 0 Å². The minimum Gasteiger partial charge on any atom is -0.396 e. The number of aliphatic hydroxyl groups is 1. The maximum Gasteiger partial charge on any atom is 0.319 e. The van der Waals surface area contributed by atoms with Crippen molar-refractivity contribution in [2.75, 3.05) is 27.3 Å². The molecule has 2 unspecified atom stereocenters. The number of aliphatic hydroxyl groups excluding tert-OH is 1. The molecule has 1 heterocycles. The number of methoxy groups -OCH3 is 1. The summed E-state index contributed by atoms with van der Waals surface area (Å²) < 4.78 is 5.27. The standard InChI is InChI=1S/C8H16N2O3/c1-8(13-3)6(5-11)4-9-7(12)10(8)2/h6,11H,4-5H2,1-3H3,(H,9,12). The third-order valence-electron chi connectivity index (χ3n) is 2.86. The third kappa shape index (κ3) is 1.49. The summed E-state index contributed by atoms with van der Waals surface area (Å²) in [6.07, 6.45) is 0. The van der Waals surface area contributed by atoms with Crippen LogP contribution in [0.4, 0.5) is 4.79 Å². The molecule has 0 saturated carbocycles. The van der Waals surface area contributed by atoms with E-state index in [4.69, 9.17) is 9.84 Å². The van der Waals surface area contributed by atoms with Crippen LogP contribution < -0.4 is 5.32 Å². The summed E-state index contributed by atoms with van der Waals surface area (Å²) in [7, 11) is 3.19. The summed E-state index contributed by atoms with van der Waals surface area (Å²) in [5.41, 5.74) is -0.711. The van der Waals surface area contributed by atoms with Crippen LogP contribution in [0.2, 0.25) is 0 Å². The van der Waals surface area contributed by atoms with Crippen LogP contribution in [0, 0.1) is 5.92 Å². The van der Waals surface area contributed by atoms with Gasteiger partial charge < -0.3 is 15.2 Å². The Morgan fingerprint density at radius 3 is 2.92 bits per heavy atom. The van der Waals surface area contributed by atoms with Crippen molar-refractivity contribution in [1.29, 1.82) is 0 Å². The minimum atomic E-state index is -0.711. The number of amides is 2. The Labute approximate surface area is 77.7 Å². The van der Waals surface area contributed by atoms with E-state index in [0.29, 0.717) is 6.54 Å². The summed E-state index contributed by atoms with van der Waals surface area (Å²) in [6, 6.07) is -0.172. The fraction of sp³-hybridized carbons (Fsp3) is 0.875. The molecule has 0 radical (unpaired) electrons. The van der Waals surface area contributed by atoms with Gasteiger partial charge in [0.25, 0.3) is 0 Å². The van der Waals surface area contributed by atoms with Gasteiger partial charge in [0.1, 0.15) is 5.72 Å². The fourth-order valence-electron chi connectivity index (χ4n) is 1.53. The average molecular weight is 188 g/mol. The Hall–Kier alpha value is -0.810. The van der Waals surface area contributed by atoms with Crippen molar-refractivity contribution in [2.45, 2.75) is 12.6 Å². The van der Waals surface area contributed by atoms with Crippen LogP contribution in [-0.2, 0) is 4.74 Å². The topological polar surface area (TPSA) is 61.8 Å². The Bertz CT molecular complexity index is 210. The van der Waals surface area contributed by atoms with E-state index in [-0.39, 0.29) is 18.6 Å². The molecule has 1 aliphatic rings. The van der Waals surface area contributed by atoms with E-state index in [9.17, 15) is 4.79 Å². The minimum absolute atomic E-state index is 0.00500. The average Bonchev–Trinajstić information content (AvgIpc) is 2.15. The van der Waals surface area contributed by atoms with E-state index < -0.39 is 5.72 Å². The number of nitrogens with one attached hydrogen (secondary N) is 1. The van der Waals surface area contributed by atoms with Crippen LogP contribution in [0.1, 0.15) is 6.92 Å². The lowest BCUT2D eigenvalue weighted by Crippen LogP contribution is -2.64. The van der Waals surface area contributed by atoms with Gasteiger partial charge in [-0.3, -0.25) is 4.90 Å². The highest BCUT2D eigenvalue weighted by atomic mass is 16.5. The number of carbonyl (C=O) groups is 1. The van der Waals surface area contributed by atoms with E-state index in [1.54, 1.807) is 14.0 Å². The second-order valence-electron chi connectivity index (χ2n) is 3.38. The Balaban J connectivity index is 2.87. The quantitative estimate of drug-likeness (QED) is 0.620. The molecule has 0 aromatic carbocycles. The van der Waals surface area contributed by atoms with E-state index in [1.807, 2.05) is 0 Å². The van der Waals surface area contributed by atoms with E-state index in [1.165, 1.54) is 12.0 Å². The first-order valence-electron chi connectivity index (χ1n) is 4.24. The molecule has 0 bridgehead atoms. The zero-order valence-corrected chi connectivity index (χ0v) is 8.20. The number of rotatable bonds is 2. The van der Waals surface area contributed by atoms with E-state index in [0.717, 1.165) is 0 Å². The molecule has 2 amide bonds. The van der Waals surface area contributed by atoms with Gasteiger partial charge in [-0.15, -0.1) is 0 Å². The fourth-order valence-corrected chi connectivity index (χ4v) is 1.53. The van der Waals surface area contributed by atoms with Crippen molar-refractivity contribution in [2.24, 2.45) is 5.92 Å². The third-order valence-corrected chi connectivity index (χ3v) is 2.86. The Kier molecular flexibility index (Phi) is 2.77. The van der Waals surface area contributed by atoms with E-state index >= 15 is 0 Å². The van der Waals surface area contributed by atoms with Gasteiger partial charge in [-0.2, -0.15) is 0 Å². The van der Waals surface area contributed by atoms with Crippen molar-refractivity contribution in [1.82, 2.24) is 10.2 Å². The molecule has 1 rings (SSSR count). The predicted octanol–water partition coefficient (Wildman–Crippen LogP) is -0.388. The van der Waals surface area contributed by atoms with Crippen LogP contribution in [-0.4, -0.2) is 49.1 Å². The van der Waals surface area contributed by atoms with Gasteiger partial charge in [-0.05, 0) is 6.92 Å². The second-order valence-corrected chi connectivity index (χ2v) is 3.38. The van der Waals surface area contributed by atoms with Crippen LogP contribution >= 0.6 is 0 Å². The molecule has 5 heteroatoms. The first-order valence-corrected chi connectivity index (χ1v) is 4.24. The summed E-state index contributed by atoms with van der Waals surface area (Å²) >= 11 is 0. The monoisotopic (exact) mass is 188 g/mol. The molecule has 0 aromatic heterocycles. The zero-order chi connectivity index (χ0) is 10.1. The Morgan fingerprint density at radius 1 is 1.85 bits per heavy atom. The van der Waals surface area contributed by atoms with Crippen LogP contribution in [0.5, 0.6) is 0 Å². The first kappa shape index (κ1) is 10.3. The molecule has 0 aliphatic carbocycles. The van der Waals surface area contributed by atoms with Gasteiger partial charge in [0, 0.05) is 26.6 Å². The summed E-state index contributed by atoms with van der Waals surface area (Å²) in [5, 5.41) is 11.8. The molecule has 1 fully saturated rings. The zero-order valence-electron chi connectivity index (χ0n) is 8.20. The highest BCUT2D eigenvalue weighted by molar-refractivity contribution is 5.75. The normalized spacial score (nSPS) is 34.6. The van der Waals surface area contributed by atoms with Crippen molar-refractivity contribution in [3.8, 4) is 0 Å². The van der Waals surface area contributed by atoms with Crippen molar-refractivity contribution in [3.63, 3.8) is 0 Å². The summed E-state index contributed by atoms with van der Waals surface area (Å²) in [4.78, 5) is 12.8. The molecule has 1 aliphatic heterocycles. The van der Waals surface area contributed by atoms with Crippen LogP contribution in [0.25, 0.3) is 0 Å². The smallest absolute Gasteiger partial charge is 0.319 e. The molecule has 0 aromatic rings. The summed E-state index contributed by atoms with van der Waals surface area (Å²) in [6.45, 7) is 2.24. The highest BCUT2D eigenvalue weighted by Crippen LogP contribution is 2.27. The molecular weight excluding hydrogens is 172 g/mol.